The van der Waals surface area contributed by atoms with E-state index in [9.17, 15) is 13.2 Å². The van der Waals surface area contributed by atoms with Crippen LogP contribution >= 0.6 is 0 Å². The van der Waals surface area contributed by atoms with E-state index in [1.807, 2.05) is 0 Å². The van der Waals surface area contributed by atoms with Crippen molar-refractivity contribution in [2.75, 3.05) is 25.1 Å². The summed E-state index contributed by atoms with van der Waals surface area (Å²) in [6.07, 6.45) is 0.621. The van der Waals surface area contributed by atoms with Crippen LogP contribution in [0.1, 0.15) is 0 Å². The number of aromatic nitrogens is 2. The Kier molecular flexibility index (Phi) is 5.02. The molecule has 0 aromatic carbocycles. The first kappa shape index (κ1) is 13.6. The van der Waals surface area contributed by atoms with Gasteiger partial charge in [0.25, 0.3) is 0 Å². The predicted molar refractivity (Wildman–Crippen MR) is 57.8 cm³/mol. The molecule has 0 unspecified atom stereocenters. The zero-order valence-corrected chi connectivity index (χ0v) is 9.20. The molecule has 0 bridgehead atoms. The highest BCUT2D eigenvalue weighted by Gasteiger charge is 2.27. The average Bonchev–Trinajstić information content (AvgIpc) is 2.67. The summed E-state index contributed by atoms with van der Waals surface area (Å²) < 4.78 is 41.6. The van der Waals surface area contributed by atoms with Crippen LogP contribution < -0.4 is 5.32 Å². The maximum absolute atomic E-state index is 11.8. The zero-order chi connectivity index (χ0) is 12.7. The zero-order valence-electron chi connectivity index (χ0n) is 9.20. The van der Waals surface area contributed by atoms with E-state index in [0.717, 1.165) is 0 Å². The summed E-state index contributed by atoms with van der Waals surface area (Å²) in [7, 11) is 0. The van der Waals surface area contributed by atoms with Crippen molar-refractivity contribution < 1.29 is 17.9 Å². The molecule has 0 aliphatic rings. The standard InChI is InChI=1S/C10H14F3N3O/c1-2-3-14-9-15-4-5-16(9)6-7-17-8-10(11,12)13/h2,4-5H,1,3,6-8H2,(H,14,15). The Hall–Kier alpha value is -1.50. The fourth-order valence-electron chi connectivity index (χ4n) is 1.17. The fourth-order valence-corrected chi connectivity index (χ4v) is 1.17. The molecule has 0 saturated carbocycles. The lowest BCUT2D eigenvalue weighted by Crippen LogP contribution is -2.19. The minimum absolute atomic E-state index is 0.0152. The van der Waals surface area contributed by atoms with E-state index in [0.29, 0.717) is 19.0 Å². The summed E-state index contributed by atoms with van der Waals surface area (Å²) in [6.45, 7) is 3.16. The lowest BCUT2D eigenvalue weighted by atomic mass is 10.6. The summed E-state index contributed by atoms with van der Waals surface area (Å²) in [4.78, 5) is 4.01. The summed E-state index contributed by atoms with van der Waals surface area (Å²) in [6, 6.07) is 0. The monoisotopic (exact) mass is 249 g/mol. The molecule has 1 rings (SSSR count). The Bertz CT molecular complexity index is 349. The third-order valence-corrected chi connectivity index (χ3v) is 1.86. The van der Waals surface area contributed by atoms with E-state index in [1.165, 1.54) is 0 Å². The van der Waals surface area contributed by atoms with Crippen LogP contribution in [0.15, 0.2) is 25.0 Å². The molecular formula is C10H14F3N3O. The van der Waals surface area contributed by atoms with Gasteiger partial charge in [-0.25, -0.2) is 4.98 Å². The first-order valence-corrected chi connectivity index (χ1v) is 5.03. The van der Waals surface area contributed by atoms with Gasteiger partial charge in [0.2, 0.25) is 5.95 Å². The van der Waals surface area contributed by atoms with E-state index in [-0.39, 0.29) is 6.61 Å². The second kappa shape index (κ2) is 6.29. The molecule has 0 atom stereocenters. The largest absolute Gasteiger partial charge is 0.411 e. The van der Waals surface area contributed by atoms with E-state index in [4.69, 9.17) is 0 Å². The second-order valence-corrected chi connectivity index (χ2v) is 3.28. The van der Waals surface area contributed by atoms with Crippen LogP contribution in [0.2, 0.25) is 0 Å². The number of nitrogens with one attached hydrogen (secondary N) is 1. The number of rotatable bonds is 7. The molecule has 7 heteroatoms. The molecule has 4 nitrogen and oxygen atoms in total. The first-order valence-electron chi connectivity index (χ1n) is 5.03. The van der Waals surface area contributed by atoms with E-state index in [1.54, 1.807) is 23.0 Å². The molecule has 96 valence electrons. The number of alkyl halides is 3. The van der Waals surface area contributed by atoms with Gasteiger partial charge in [-0.15, -0.1) is 6.58 Å². The van der Waals surface area contributed by atoms with Crippen molar-refractivity contribution in [2.45, 2.75) is 12.7 Å². The average molecular weight is 249 g/mol. The van der Waals surface area contributed by atoms with Gasteiger partial charge in [0.05, 0.1) is 6.61 Å². The molecule has 0 amide bonds. The Labute approximate surface area is 97.1 Å². The van der Waals surface area contributed by atoms with Gasteiger partial charge in [0.15, 0.2) is 0 Å². The summed E-state index contributed by atoms with van der Waals surface area (Å²) in [5, 5.41) is 2.96. The Balaban J connectivity index is 2.31. The van der Waals surface area contributed by atoms with Crippen LogP contribution in [0.4, 0.5) is 19.1 Å². The van der Waals surface area contributed by atoms with Crippen molar-refractivity contribution in [2.24, 2.45) is 0 Å². The van der Waals surface area contributed by atoms with Gasteiger partial charge in [-0.1, -0.05) is 6.08 Å². The van der Waals surface area contributed by atoms with E-state index in [2.05, 4.69) is 21.6 Å². The van der Waals surface area contributed by atoms with E-state index < -0.39 is 12.8 Å². The van der Waals surface area contributed by atoms with Gasteiger partial charge < -0.3 is 14.6 Å². The molecule has 1 N–H and O–H groups in total. The molecule has 0 aliphatic heterocycles. The summed E-state index contributed by atoms with van der Waals surface area (Å²) >= 11 is 0. The van der Waals surface area contributed by atoms with Crippen molar-refractivity contribution in [1.82, 2.24) is 9.55 Å². The number of ether oxygens (including phenoxy) is 1. The highest BCUT2D eigenvalue weighted by molar-refractivity contribution is 5.26. The molecular weight excluding hydrogens is 235 g/mol. The minimum Gasteiger partial charge on any atom is -0.370 e. The Morgan fingerprint density at radius 2 is 2.29 bits per heavy atom. The summed E-state index contributed by atoms with van der Waals surface area (Å²) in [5.41, 5.74) is 0. The highest BCUT2D eigenvalue weighted by Crippen LogP contribution is 2.14. The van der Waals surface area contributed by atoms with Crippen LogP contribution in [-0.2, 0) is 11.3 Å². The van der Waals surface area contributed by atoms with Crippen LogP contribution in [0.25, 0.3) is 0 Å². The summed E-state index contributed by atoms with van der Waals surface area (Å²) in [5.74, 6) is 0.584. The lowest BCUT2D eigenvalue weighted by Gasteiger charge is -2.10. The molecule has 0 radical (unpaired) electrons. The predicted octanol–water partition coefficient (Wildman–Crippen LogP) is 2.06. The smallest absolute Gasteiger partial charge is 0.370 e. The third kappa shape index (κ3) is 5.39. The molecule has 1 heterocycles. The normalized spacial score (nSPS) is 11.5. The topological polar surface area (TPSA) is 39.1 Å². The number of hydrogen-bond acceptors (Lipinski definition) is 3. The Morgan fingerprint density at radius 3 is 2.94 bits per heavy atom. The van der Waals surface area contributed by atoms with Crippen LogP contribution in [0, 0.1) is 0 Å². The second-order valence-electron chi connectivity index (χ2n) is 3.28. The quantitative estimate of drug-likeness (QED) is 0.594. The van der Waals surface area contributed by atoms with Gasteiger partial charge >= 0.3 is 6.18 Å². The first-order chi connectivity index (χ1) is 8.03. The van der Waals surface area contributed by atoms with Gasteiger partial charge in [-0.3, -0.25) is 0 Å². The molecule has 0 spiro atoms. The number of nitrogens with zero attached hydrogens (tertiary/aromatic N) is 2. The molecule has 0 saturated heterocycles. The number of hydrogen-bond donors (Lipinski definition) is 1. The fraction of sp³-hybridized carbons (Fsp3) is 0.500. The SMILES string of the molecule is C=CCNc1nccn1CCOCC(F)(F)F. The van der Waals surface area contributed by atoms with Crippen LogP contribution in [-0.4, -0.2) is 35.5 Å². The van der Waals surface area contributed by atoms with Crippen molar-refractivity contribution in [3.05, 3.63) is 25.0 Å². The van der Waals surface area contributed by atoms with Gasteiger partial charge in [-0.05, 0) is 0 Å². The maximum Gasteiger partial charge on any atom is 0.411 e. The van der Waals surface area contributed by atoms with E-state index >= 15 is 0 Å². The molecule has 0 fully saturated rings. The molecule has 0 aliphatic carbocycles. The van der Waals surface area contributed by atoms with Crippen molar-refractivity contribution in [1.29, 1.82) is 0 Å². The van der Waals surface area contributed by atoms with Crippen molar-refractivity contribution in [3.8, 4) is 0 Å². The number of anilines is 1. The van der Waals surface area contributed by atoms with Gasteiger partial charge in [-0.2, -0.15) is 13.2 Å². The van der Waals surface area contributed by atoms with Crippen molar-refractivity contribution >= 4 is 5.95 Å². The molecule has 1 aromatic heterocycles. The number of imidazole rings is 1. The third-order valence-electron chi connectivity index (χ3n) is 1.86. The lowest BCUT2D eigenvalue weighted by molar-refractivity contribution is -0.174. The molecule has 17 heavy (non-hydrogen) atoms. The number of halogens is 3. The Morgan fingerprint density at radius 1 is 1.53 bits per heavy atom. The maximum atomic E-state index is 11.8. The highest BCUT2D eigenvalue weighted by atomic mass is 19.4. The van der Waals surface area contributed by atoms with Gasteiger partial charge in [0.1, 0.15) is 6.61 Å². The van der Waals surface area contributed by atoms with Gasteiger partial charge in [0, 0.05) is 25.5 Å². The van der Waals surface area contributed by atoms with Crippen LogP contribution in [0.5, 0.6) is 0 Å². The van der Waals surface area contributed by atoms with Crippen LogP contribution in [0.3, 0.4) is 0 Å². The minimum atomic E-state index is -4.28. The molecule has 1 aromatic rings. The van der Waals surface area contributed by atoms with Crippen molar-refractivity contribution in [3.63, 3.8) is 0 Å².